The predicted molar refractivity (Wildman–Crippen MR) is 181 cm³/mol. The van der Waals surface area contributed by atoms with E-state index in [1.807, 2.05) is 79.7 Å². The van der Waals surface area contributed by atoms with Crippen LogP contribution in [0.4, 0.5) is 5.69 Å². The van der Waals surface area contributed by atoms with E-state index in [1.54, 1.807) is 38.6 Å². The Bertz CT molecular complexity index is 1610. The number of benzene rings is 3. The van der Waals surface area contributed by atoms with Gasteiger partial charge in [0.15, 0.2) is 0 Å². The van der Waals surface area contributed by atoms with Gasteiger partial charge in [0, 0.05) is 30.6 Å². The molecular formula is C37H41N3O4S. The molecule has 3 amide bonds. The van der Waals surface area contributed by atoms with Crippen LogP contribution in [0.15, 0.2) is 98.1 Å². The summed E-state index contributed by atoms with van der Waals surface area (Å²) in [6.07, 6.45) is 5.63. The topological polar surface area (TPSA) is 81.2 Å². The number of hydrogen-bond acceptors (Lipinski definition) is 5. The Hall–Kier alpha value is -3.88. The number of anilines is 1. The molecule has 0 saturated carbocycles. The Balaban J connectivity index is 1.47. The van der Waals surface area contributed by atoms with Gasteiger partial charge in [-0.1, -0.05) is 79.7 Å². The Labute approximate surface area is 269 Å². The molecule has 3 aliphatic rings. The summed E-state index contributed by atoms with van der Waals surface area (Å²) >= 11 is 1.65. The second kappa shape index (κ2) is 12.9. The van der Waals surface area contributed by atoms with Gasteiger partial charge >= 0.3 is 0 Å². The van der Waals surface area contributed by atoms with Crippen LogP contribution in [0.2, 0.25) is 0 Å². The molecule has 234 valence electrons. The lowest BCUT2D eigenvalue weighted by Gasteiger charge is -2.40. The van der Waals surface area contributed by atoms with Gasteiger partial charge in [-0.3, -0.25) is 14.4 Å². The molecule has 7 nitrogen and oxygen atoms in total. The lowest BCUT2D eigenvalue weighted by Crippen LogP contribution is -2.56. The average Bonchev–Trinajstić information content (AvgIpc) is 3.71. The number of likely N-dealkylation sites (tertiary alicyclic amines) is 1. The molecule has 1 spiro atoms. The molecular weight excluding hydrogens is 582 g/mol. The second-order valence-corrected chi connectivity index (χ2v) is 13.9. The molecule has 3 aromatic rings. The minimum Gasteiger partial charge on any atom is -0.394 e. The number of carbonyl (C=O) groups is 3. The Kier molecular flexibility index (Phi) is 8.89. The monoisotopic (exact) mass is 623 g/mol. The molecule has 0 radical (unpaired) electrons. The lowest BCUT2D eigenvalue weighted by atomic mass is 9.70. The first kappa shape index (κ1) is 31.1. The zero-order valence-electron chi connectivity index (χ0n) is 25.8. The van der Waals surface area contributed by atoms with Gasteiger partial charge in [0.2, 0.25) is 11.8 Å². The van der Waals surface area contributed by atoms with Crippen molar-refractivity contribution in [3.63, 3.8) is 0 Å². The highest BCUT2D eigenvalue weighted by molar-refractivity contribution is 8.02. The number of rotatable bonds is 12. The maximum Gasteiger partial charge on any atom is 0.251 e. The van der Waals surface area contributed by atoms with Crippen molar-refractivity contribution in [2.45, 2.75) is 48.3 Å². The first-order valence-electron chi connectivity index (χ1n) is 15.9. The van der Waals surface area contributed by atoms with E-state index in [9.17, 15) is 14.7 Å². The molecule has 3 saturated heterocycles. The highest BCUT2D eigenvalue weighted by atomic mass is 32.2. The number of aliphatic hydroxyl groups is 1. The van der Waals surface area contributed by atoms with Crippen molar-refractivity contribution in [1.82, 2.24) is 9.80 Å². The van der Waals surface area contributed by atoms with Crippen LogP contribution in [0, 0.1) is 11.8 Å². The molecule has 3 aromatic carbocycles. The zero-order chi connectivity index (χ0) is 31.7. The molecule has 6 atom stereocenters. The van der Waals surface area contributed by atoms with Crippen molar-refractivity contribution in [2.75, 3.05) is 31.1 Å². The molecule has 3 heterocycles. The van der Waals surface area contributed by atoms with Gasteiger partial charge < -0.3 is 19.8 Å². The quantitative estimate of drug-likeness (QED) is 0.266. The summed E-state index contributed by atoms with van der Waals surface area (Å²) in [5.41, 5.74) is 1.47. The van der Waals surface area contributed by atoms with Crippen LogP contribution in [0.3, 0.4) is 0 Å². The van der Waals surface area contributed by atoms with E-state index < -0.39 is 28.7 Å². The number of nitrogens with zero attached hydrogens (tertiary/aromatic N) is 3. The van der Waals surface area contributed by atoms with E-state index in [4.69, 9.17) is 0 Å². The van der Waals surface area contributed by atoms with E-state index in [2.05, 4.69) is 13.2 Å². The molecule has 3 fully saturated rings. The molecule has 0 aromatic heterocycles. The van der Waals surface area contributed by atoms with Gasteiger partial charge in [-0.15, -0.1) is 24.9 Å². The molecule has 2 unspecified atom stereocenters. The molecule has 3 aliphatic heterocycles. The highest BCUT2D eigenvalue weighted by Crippen LogP contribution is 2.67. The molecule has 1 N–H and O–H groups in total. The maximum atomic E-state index is 15.1. The summed E-state index contributed by atoms with van der Waals surface area (Å²) in [4.78, 5) is 49.3. The van der Waals surface area contributed by atoms with Gasteiger partial charge in [-0.2, -0.15) is 0 Å². The van der Waals surface area contributed by atoms with Crippen molar-refractivity contribution in [2.24, 2.45) is 11.8 Å². The predicted octanol–water partition coefficient (Wildman–Crippen LogP) is 5.61. The smallest absolute Gasteiger partial charge is 0.251 e. The normalized spacial score (nSPS) is 25.6. The van der Waals surface area contributed by atoms with Crippen LogP contribution >= 0.6 is 11.8 Å². The standard InChI is InChI=1S/C37H41N3O4S/c1-4-20-38(21-5-2)34(42)31-30-18-19-37(45-30)32(31)35(43)40(29(24-41)26-13-8-7-9-14-26)33(37)36(44)39(22-6-3)28-17-16-25-12-10-11-15-27(25)23-28/h4,6-17,23,29-33,41H,1,3,5,18-22,24H2,2H3/t29-,30-,31+,32+,33?,37?/m1/s1. The summed E-state index contributed by atoms with van der Waals surface area (Å²) in [5, 5.41) is 12.9. The van der Waals surface area contributed by atoms with E-state index >= 15 is 4.79 Å². The second-order valence-electron chi connectivity index (χ2n) is 12.3. The van der Waals surface area contributed by atoms with Gasteiger partial charge in [-0.25, -0.2) is 0 Å². The molecule has 0 aliphatic carbocycles. The van der Waals surface area contributed by atoms with Crippen LogP contribution in [0.25, 0.3) is 10.8 Å². The molecule has 45 heavy (non-hydrogen) atoms. The van der Waals surface area contributed by atoms with Crippen molar-refractivity contribution in [3.05, 3.63) is 104 Å². The summed E-state index contributed by atoms with van der Waals surface area (Å²) in [7, 11) is 0. The summed E-state index contributed by atoms with van der Waals surface area (Å²) in [5.74, 6) is -1.68. The van der Waals surface area contributed by atoms with E-state index in [-0.39, 0.29) is 36.1 Å². The van der Waals surface area contributed by atoms with Crippen LogP contribution in [0.1, 0.15) is 37.8 Å². The first-order chi connectivity index (χ1) is 21.9. The number of fused-ring (bicyclic) bond motifs is 2. The molecule has 8 heteroatoms. The lowest BCUT2D eigenvalue weighted by molar-refractivity contribution is -0.145. The van der Waals surface area contributed by atoms with Gasteiger partial charge in [0.05, 0.1) is 29.2 Å². The highest BCUT2D eigenvalue weighted by Gasteiger charge is 2.74. The van der Waals surface area contributed by atoms with Gasteiger partial charge in [-0.05, 0) is 47.7 Å². The summed E-state index contributed by atoms with van der Waals surface area (Å²) < 4.78 is -0.788. The number of aliphatic hydroxyl groups excluding tert-OH is 1. The third kappa shape index (κ3) is 5.18. The Morgan fingerprint density at radius 1 is 1.02 bits per heavy atom. The van der Waals surface area contributed by atoms with Crippen LogP contribution < -0.4 is 4.90 Å². The minimum atomic E-state index is -0.870. The Morgan fingerprint density at radius 2 is 1.73 bits per heavy atom. The minimum absolute atomic E-state index is 0.0417. The summed E-state index contributed by atoms with van der Waals surface area (Å²) in [6.45, 7) is 10.8. The maximum absolute atomic E-state index is 15.1. The van der Waals surface area contributed by atoms with E-state index in [0.29, 0.717) is 19.5 Å². The number of thioether (sulfide) groups is 1. The van der Waals surface area contributed by atoms with Gasteiger partial charge in [0.25, 0.3) is 5.91 Å². The third-order valence-electron chi connectivity index (χ3n) is 9.73. The average molecular weight is 624 g/mol. The SMILES string of the molecule is C=CCN(CCC)C(=O)[C@@H]1[C@H]2C(=O)N([C@H](CO)c3ccccc3)C(C(=O)N(CC=C)c3ccc4ccccc4c3)C23CC[C@H]1S3. The largest absolute Gasteiger partial charge is 0.394 e. The molecule has 6 rings (SSSR count). The van der Waals surface area contributed by atoms with Crippen LogP contribution in [0.5, 0.6) is 0 Å². The van der Waals surface area contributed by atoms with E-state index in [0.717, 1.165) is 34.9 Å². The zero-order valence-corrected chi connectivity index (χ0v) is 26.6. The summed E-state index contributed by atoms with van der Waals surface area (Å²) in [6, 6.07) is 21.7. The van der Waals surface area contributed by atoms with Crippen molar-refractivity contribution in [1.29, 1.82) is 0 Å². The van der Waals surface area contributed by atoms with Gasteiger partial charge in [0.1, 0.15) is 6.04 Å². The first-order valence-corrected chi connectivity index (χ1v) is 16.7. The number of hydrogen-bond donors (Lipinski definition) is 1. The van der Waals surface area contributed by atoms with E-state index in [1.165, 1.54) is 0 Å². The van der Waals surface area contributed by atoms with Crippen LogP contribution in [-0.4, -0.2) is 74.9 Å². The van der Waals surface area contributed by atoms with Crippen molar-refractivity contribution < 1.29 is 19.5 Å². The van der Waals surface area contributed by atoms with Crippen LogP contribution in [-0.2, 0) is 14.4 Å². The Morgan fingerprint density at radius 3 is 2.42 bits per heavy atom. The fraction of sp³-hybridized carbons (Fsp3) is 0.378. The number of carbonyl (C=O) groups excluding carboxylic acids is 3. The third-order valence-corrected chi connectivity index (χ3v) is 11.7. The number of amides is 3. The van der Waals surface area contributed by atoms with Crippen molar-refractivity contribution >= 4 is 45.9 Å². The fourth-order valence-electron chi connectivity index (χ4n) is 7.89. The van der Waals surface area contributed by atoms with Crippen molar-refractivity contribution in [3.8, 4) is 0 Å². The fourth-order valence-corrected chi connectivity index (χ4v) is 10.1. The molecule has 2 bridgehead atoms.